The SMILES string of the molecule is CC(C)(C)[Si](OCCC(=O)Nc1cc(N)c(N)c(C#N)n1)(c1ccccc1)c1ccccc1. The first-order valence-electron chi connectivity index (χ1n) is 10.7. The minimum Gasteiger partial charge on any atom is -0.407 e. The fourth-order valence-electron chi connectivity index (χ4n) is 3.99. The first-order chi connectivity index (χ1) is 15.7. The third kappa shape index (κ3) is 5.05. The minimum absolute atomic E-state index is 0.0196. The lowest BCUT2D eigenvalue weighted by molar-refractivity contribution is -0.116. The number of nitriles is 1. The lowest BCUT2D eigenvalue weighted by atomic mass is 10.2. The average molecular weight is 460 g/mol. The predicted octanol–water partition coefficient (Wildman–Crippen LogP) is 3.02. The van der Waals surface area contributed by atoms with Crippen LogP contribution < -0.4 is 27.2 Å². The molecule has 8 heteroatoms. The Kier molecular flexibility index (Phi) is 7.16. The van der Waals surface area contributed by atoms with Gasteiger partial charge in [0.15, 0.2) is 5.69 Å². The van der Waals surface area contributed by atoms with Crippen LogP contribution in [0.25, 0.3) is 0 Å². The van der Waals surface area contributed by atoms with Gasteiger partial charge in [0.25, 0.3) is 8.32 Å². The molecule has 0 radical (unpaired) electrons. The Bertz CT molecular complexity index is 1120. The van der Waals surface area contributed by atoms with Gasteiger partial charge in [-0.15, -0.1) is 0 Å². The first-order valence-corrected chi connectivity index (χ1v) is 12.6. The van der Waals surface area contributed by atoms with Gasteiger partial charge in [-0.2, -0.15) is 5.26 Å². The van der Waals surface area contributed by atoms with Crippen molar-refractivity contribution < 1.29 is 9.22 Å². The average Bonchev–Trinajstić information content (AvgIpc) is 2.79. The van der Waals surface area contributed by atoms with E-state index in [1.54, 1.807) is 0 Å². The van der Waals surface area contributed by atoms with Crippen molar-refractivity contribution in [3.05, 3.63) is 72.4 Å². The molecule has 3 rings (SSSR count). The van der Waals surface area contributed by atoms with Gasteiger partial charge in [-0.3, -0.25) is 4.79 Å². The number of amides is 1. The van der Waals surface area contributed by atoms with Gasteiger partial charge in [0.05, 0.1) is 11.4 Å². The monoisotopic (exact) mass is 459 g/mol. The van der Waals surface area contributed by atoms with E-state index >= 15 is 0 Å². The molecule has 0 aliphatic rings. The van der Waals surface area contributed by atoms with Gasteiger partial charge >= 0.3 is 0 Å². The number of rotatable bonds is 7. The Balaban J connectivity index is 1.83. The molecule has 1 heterocycles. The Morgan fingerprint density at radius 1 is 1.06 bits per heavy atom. The molecule has 3 aromatic rings. The van der Waals surface area contributed by atoms with E-state index in [0.29, 0.717) is 0 Å². The number of nitrogens with two attached hydrogens (primary N) is 2. The molecule has 0 aliphatic carbocycles. The van der Waals surface area contributed by atoms with E-state index in [-0.39, 0.29) is 46.9 Å². The maximum Gasteiger partial charge on any atom is 0.261 e. The molecular weight excluding hydrogens is 430 g/mol. The lowest BCUT2D eigenvalue weighted by Gasteiger charge is -2.43. The number of aromatic nitrogens is 1. The van der Waals surface area contributed by atoms with Crippen molar-refractivity contribution in [3.63, 3.8) is 0 Å². The van der Waals surface area contributed by atoms with Crippen molar-refractivity contribution in [2.75, 3.05) is 23.4 Å². The molecular formula is C25H29N5O2Si. The van der Waals surface area contributed by atoms with Gasteiger partial charge in [0, 0.05) is 19.1 Å². The number of nitrogens with one attached hydrogen (secondary N) is 1. The van der Waals surface area contributed by atoms with Crippen LogP contribution in [-0.4, -0.2) is 25.8 Å². The summed E-state index contributed by atoms with van der Waals surface area (Å²) in [5, 5.41) is 14.0. The summed E-state index contributed by atoms with van der Waals surface area (Å²) in [5.41, 5.74) is 11.8. The van der Waals surface area contributed by atoms with Crippen molar-refractivity contribution in [1.29, 1.82) is 5.26 Å². The number of benzene rings is 2. The number of carbonyl (C=O) groups excluding carboxylic acids is 1. The predicted molar refractivity (Wildman–Crippen MR) is 135 cm³/mol. The highest BCUT2D eigenvalue weighted by atomic mass is 28.4. The molecule has 0 unspecified atom stereocenters. The molecule has 1 aromatic heterocycles. The second-order valence-electron chi connectivity index (χ2n) is 8.78. The number of hydrogen-bond donors (Lipinski definition) is 3. The van der Waals surface area contributed by atoms with Gasteiger partial charge in [0.2, 0.25) is 5.91 Å². The summed E-state index contributed by atoms with van der Waals surface area (Å²) in [6.45, 7) is 6.78. The number of pyridine rings is 1. The maximum absolute atomic E-state index is 12.6. The molecule has 0 saturated carbocycles. The molecule has 33 heavy (non-hydrogen) atoms. The molecule has 2 aromatic carbocycles. The largest absolute Gasteiger partial charge is 0.407 e. The van der Waals surface area contributed by atoms with Crippen LogP contribution in [0, 0.1) is 11.3 Å². The molecule has 1 amide bonds. The number of nitrogen functional groups attached to an aromatic ring is 2. The summed E-state index contributed by atoms with van der Waals surface area (Å²) in [7, 11) is -2.71. The number of nitrogens with zero attached hydrogens (tertiary/aromatic N) is 2. The van der Waals surface area contributed by atoms with Gasteiger partial charge in [-0.1, -0.05) is 81.4 Å². The van der Waals surface area contributed by atoms with Gasteiger partial charge in [-0.25, -0.2) is 4.98 Å². The fourth-order valence-corrected chi connectivity index (χ4v) is 8.55. The highest BCUT2D eigenvalue weighted by molar-refractivity contribution is 6.99. The summed E-state index contributed by atoms with van der Waals surface area (Å²) in [6, 6.07) is 23.8. The van der Waals surface area contributed by atoms with E-state index in [1.807, 2.05) is 42.5 Å². The van der Waals surface area contributed by atoms with Crippen LogP contribution in [0.5, 0.6) is 0 Å². The number of anilines is 3. The molecule has 0 bridgehead atoms. The quantitative estimate of drug-likeness (QED) is 0.466. The summed E-state index contributed by atoms with van der Waals surface area (Å²) >= 11 is 0. The number of hydrogen-bond acceptors (Lipinski definition) is 6. The summed E-state index contributed by atoms with van der Waals surface area (Å²) in [5.74, 6) is -0.0952. The Morgan fingerprint density at radius 2 is 1.61 bits per heavy atom. The van der Waals surface area contributed by atoms with Gasteiger partial charge < -0.3 is 21.2 Å². The molecule has 7 nitrogen and oxygen atoms in total. The van der Waals surface area contributed by atoms with Crippen LogP contribution in [0.3, 0.4) is 0 Å². The molecule has 5 N–H and O–H groups in total. The van der Waals surface area contributed by atoms with Gasteiger partial charge in [0.1, 0.15) is 11.9 Å². The summed E-state index contributed by atoms with van der Waals surface area (Å²) < 4.78 is 6.72. The van der Waals surface area contributed by atoms with Crippen LogP contribution >= 0.6 is 0 Å². The first kappa shape index (κ1) is 24.0. The molecule has 0 atom stereocenters. The van der Waals surface area contributed by atoms with Crippen LogP contribution in [0.1, 0.15) is 32.9 Å². The van der Waals surface area contributed by atoms with E-state index in [0.717, 1.165) is 10.4 Å². The van der Waals surface area contributed by atoms with Crippen molar-refractivity contribution in [1.82, 2.24) is 4.98 Å². The normalized spacial score (nSPS) is 11.6. The molecule has 0 saturated heterocycles. The van der Waals surface area contributed by atoms with Crippen LogP contribution in [-0.2, 0) is 9.22 Å². The van der Waals surface area contributed by atoms with Crippen molar-refractivity contribution >= 4 is 41.8 Å². The second-order valence-corrected chi connectivity index (χ2v) is 13.1. The van der Waals surface area contributed by atoms with E-state index in [4.69, 9.17) is 21.2 Å². The van der Waals surface area contributed by atoms with E-state index in [9.17, 15) is 4.79 Å². The summed E-state index contributed by atoms with van der Waals surface area (Å²) in [6.07, 6.45) is 0.123. The highest BCUT2D eigenvalue weighted by Gasteiger charge is 2.50. The molecule has 0 spiro atoms. The minimum atomic E-state index is -2.71. The second kappa shape index (κ2) is 9.86. The summed E-state index contributed by atoms with van der Waals surface area (Å²) in [4.78, 5) is 16.7. The molecule has 0 fully saturated rings. The lowest BCUT2D eigenvalue weighted by Crippen LogP contribution is -2.66. The van der Waals surface area contributed by atoms with Gasteiger partial charge in [-0.05, 0) is 15.4 Å². The van der Waals surface area contributed by atoms with Crippen LogP contribution in [0.15, 0.2) is 66.7 Å². The third-order valence-corrected chi connectivity index (χ3v) is 10.6. The molecule has 0 aliphatic heterocycles. The fraction of sp³-hybridized carbons (Fsp3) is 0.240. The Hall–Kier alpha value is -3.67. The Labute approximate surface area is 195 Å². The van der Waals surface area contributed by atoms with Crippen LogP contribution in [0.2, 0.25) is 5.04 Å². The van der Waals surface area contributed by atoms with E-state index < -0.39 is 8.32 Å². The van der Waals surface area contributed by atoms with Crippen molar-refractivity contribution in [3.8, 4) is 6.07 Å². The highest BCUT2D eigenvalue weighted by Crippen LogP contribution is 2.36. The van der Waals surface area contributed by atoms with Crippen LogP contribution in [0.4, 0.5) is 17.2 Å². The maximum atomic E-state index is 12.6. The van der Waals surface area contributed by atoms with Crippen molar-refractivity contribution in [2.24, 2.45) is 0 Å². The zero-order valence-electron chi connectivity index (χ0n) is 19.1. The molecule has 170 valence electrons. The zero-order chi connectivity index (χ0) is 24.1. The van der Waals surface area contributed by atoms with Crippen molar-refractivity contribution in [2.45, 2.75) is 32.2 Å². The zero-order valence-corrected chi connectivity index (χ0v) is 20.1. The number of carbonyl (C=O) groups is 1. The van der Waals surface area contributed by atoms with E-state index in [1.165, 1.54) is 6.07 Å². The topological polar surface area (TPSA) is 127 Å². The standard InChI is InChI=1S/C25H29N5O2Si/c1-25(2,3)33(18-10-6-4-7-11-18,19-12-8-5-9-13-19)32-15-14-23(31)30-22-16-20(27)24(28)21(17-26)29-22/h4-13,16H,14-15,28H2,1-3H3,(H3,27,29,30,31). The van der Waals surface area contributed by atoms with E-state index in [2.05, 4.69) is 55.3 Å². The smallest absolute Gasteiger partial charge is 0.261 e. The Morgan fingerprint density at radius 3 is 2.09 bits per heavy atom. The third-order valence-electron chi connectivity index (χ3n) is 5.53.